The highest BCUT2D eigenvalue weighted by Crippen LogP contribution is 2.29. The highest BCUT2D eigenvalue weighted by Gasteiger charge is 2.22. The third-order valence-corrected chi connectivity index (χ3v) is 5.13. The Morgan fingerprint density at radius 2 is 1.84 bits per heavy atom. The maximum Gasteiger partial charge on any atom is 0.272 e. The van der Waals surface area contributed by atoms with Crippen molar-refractivity contribution in [3.05, 3.63) is 106 Å². The van der Waals surface area contributed by atoms with E-state index in [2.05, 4.69) is 32.8 Å². The first kappa shape index (κ1) is 22.2. The molecule has 1 amide bonds. The van der Waals surface area contributed by atoms with E-state index in [0.29, 0.717) is 22.6 Å². The molecule has 0 saturated heterocycles. The fraction of sp³-hybridized carbons (Fsp3) is 0.0833. The van der Waals surface area contributed by atoms with Gasteiger partial charge in [0.2, 0.25) is 0 Å². The number of aromatic nitrogens is 1. The molecule has 5 nitrogen and oxygen atoms in total. The van der Waals surface area contributed by atoms with Crippen molar-refractivity contribution < 1.29 is 18.7 Å². The number of rotatable bonds is 7. The van der Waals surface area contributed by atoms with E-state index in [4.69, 9.17) is 4.74 Å². The lowest BCUT2D eigenvalue weighted by molar-refractivity contribution is 0.102. The van der Waals surface area contributed by atoms with Crippen LogP contribution in [0.5, 0.6) is 0 Å². The third kappa shape index (κ3) is 5.19. The fourth-order valence-electron chi connectivity index (χ4n) is 3.00. The maximum absolute atomic E-state index is 13.3. The number of carbonyl (C=O) groups excluding carboxylic acids is 2. The van der Waals surface area contributed by atoms with Gasteiger partial charge in [-0.25, -0.2) is 4.39 Å². The van der Waals surface area contributed by atoms with Crippen LogP contribution in [0.15, 0.2) is 83.2 Å². The molecule has 0 aliphatic heterocycles. The number of halogens is 2. The van der Waals surface area contributed by atoms with Crippen molar-refractivity contribution in [3.8, 4) is 0 Å². The summed E-state index contributed by atoms with van der Waals surface area (Å²) in [7, 11) is 1.48. The van der Waals surface area contributed by atoms with Crippen molar-refractivity contribution in [3.63, 3.8) is 0 Å². The zero-order chi connectivity index (χ0) is 22.5. The molecule has 158 valence electrons. The van der Waals surface area contributed by atoms with Gasteiger partial charge < -0.3 is 15.0 Å². The average Bonchev–Trinajstić information content (AvgIpc) is 3.24. The van der Waals surface area contributed by atoms with E-state index in [1.807, 2.05) is 24.3 Å². The molecule has 1 aromatic heterocycles. The highest BCUT2D eigenvalue weighted by molar-refractivity contribution is 9.10. The first-order valence-electron chi connectivity index (χ1n) is 9.30. The number of nitrogens with one attached hydrogen (secondary N) is 2. The molecular weight excluding hydrogens is 463 g/mol. The second-order valence-corrected chi connectivity index (χ2v) is 7.64. The topological polar surface area (TPSA) is 71.2 Å². The average molecular weight is 483 g/mol. The number of ether oxygens (including phenoxy) is 1. The molecule has 0 radical (unpaired) electrons. The van der Waals surface area contributed by atoms with Gasteiger partial charge in [-0.1, -0.05) is 40.7 Å². The zero-order valence-electron chi connectivity index (χ0n) is 17.0. The standard InChI is InChI=1S/C24H20BrFN2O3/c1-14(16-6-4-7-18(25)10-16)22(15(2)31-3)23(29)17-11-21(27-13-17)24(30)28-20-9-5-8-19(26)12-20/h4-13,27H,1H2,2-3H3,(H,28,30)/b22-15+. The van der Waals surface area contributed by atoms with E-state index in [9.17, 15) is 14.0 Å². The van der Waals surface area contributed by atoms with Gasteiger partial charge in [0.25, 0.3) is 5.91 Å². The molecule has 7 heteroatoms. The molecule has 0 atom stereocenters. The van der Waals surface area contributed by atoms with Crippen molar-refractivity contribution in [1.82, 2.24) is 4.98 Å². The predicted molar refractivity (Wildman–Crippen MR) is 122 cm³/mol. The Bertz CT molecular complexity index is 1200. The molecule has 0 aliphatic carbocycles. The Balaban J connectivity index is 1.87. The summed E-state index contributed by atoms with van der Waals surface area (Å²) in [5.41, 5.74) is 2.30. The Morgan fingerprint density at radius 3 is 2.52 bits per heavy atom. The summed E-state index contributed by atoms with van der Waals surface area (Å²) in [6.07, 6.45) is 1.44. The number of hydrogen-bond donors (Lipinski definition) is 2. The van der Waals surface area contributed by atoms with Crippen LogP contribution in [0.4, 0.5) is 10.1 Å². The minimum atomic E-state index is -0.496. The van der Waals surface area contributed by atoms with Crippen LogP contribution >= 0.6 is 15.9 Å². The smallest absolute Gasteiger partial charge is 0.272 e. The van der Waals surface area contributed by atoms with Gasteiger partial charge in [-0.15, -0.1) is 0 Å². The van der Waals surface area contributed by atoms with Crippen LogP contribution in [0.3, 0.4) is 0 Å². The van der Waals surface area contributed by atoms with Crippen molar-refractivity contribution in [2.75, 3.05) is 12.4 Å². The summed E-state index contributed by atoms with van der Waals surface area (Å²) in [4.78, 5) is 28.5. The number of ketones is 1. The van der Waals surface area contributed by atoms with Crippen molar-refractivity contribution in [2.24, 2.45) is 0 Å². The maximum atomic E-state index is 13.3. The number of carbonyl (C=O) groups is 2. The van der Waals surface area contributed by atoms with Crippen LogP contribution in [-0.4, -0.2) is 23.8 Å². The second kappa shape index (κ2) is 9.57. The number of anilines is 1. The number of amides is 1. The Kier molecular flexibility index (Phi) is 6.87. The summed E-state index contributed by atoms with van der Waals surface area (Å²) >= 11 is 3.42. The minimum Gasteiger partial charge on any atom is -0.501 e. The summed E-state index contributed by atoms with van der Waals surface area (Å²) < 4.78 is 19.5. The van der Waals surface area contributed by atoms with E-state index in [0.717, 1.165) is 10.0 Å². The molecule has 3 aromatic rings. The Morgan fingerprint density at radius 1 is 1.10 bits per heavy atom. The van der Waals surface area contributed by atoms with Gasteiger partial charge in [-0.05, 0) is 54.5 Å². The van der Waals surface area contributed by atoms with Crippen LogP contribution in [0.2, 0.25) is 0 Å². The summed E-state index contributed by atoms with van der Waals surface area (Å²) in [6, 6.07) is 14.4. The summed E-state index contributed by atoms with van der Waals surface area (Å²) in [5, 5.41) is 2.59. The first-order chi connectivity index (χ1) is 14.8. The zero-order valence-corrected chi connectivity index (χ0v) is 18.5. The number of aromatic amines is 1. The molecule has 2 aromatic carbocycles. The number of Topliss-reactive ketones (excluding diaryl/α,β-unsaturated/α-hetero) is 1. The predicted octanol–water partition coefficient (Wildman–Crippen LogP) is 5.99. The van der Waals surface area contributed by atoms with Crippen LogP contribution in [0, 0.1) is 5.82 Å². The normalized spacial score (nSPS) is 11.5. The molecule has 0 unspecified atom stereocenters. The fourth-order valence-corrected chi connectivity index (χ4v) is 3.40. The van der Waals surface area contributed by atoms with E-state index < -0.39 is 11.7 Å². The van der Waals surface area contributed by atoms with E-state index >= 15 is 0 Å². The molecule has 0 aliphatic rings. The molecule has 0 spiro atoms. The number of benzene rings is 2. The largest absolute Gasteiger partial charge is 0.501 e. The molecule has 3 rings (SSSR count). The van der Waals surface area contributed by atoms with Gasteiger partial charge in [0, 0.05) is 21.9 Å². The molecule has 0 fully saturated rings. The van der Waals surface area contributed by atoms with Crippen molar-refractivity contribution >= 4 is 38.9 Å². The molecule has 0 bridgehead atoms. The Labute approximate surface area is 187 Å². The number of methoxy groups -OCH3 is 1. The lowest BCUT2D eigenvalue weighted by Crippen LogP contribution is -2.12. The first-order valence-corrected chi connectivity index (χ1v) is 10.1. The Hall–Kier alpha value is -3.45. The van der Waals surface area contributed by atoms with E-state index in [1.54, 1.807) is 13.0 Å². The molecule has 0 saturated carbocycles. The molecule has 2 N–H and O–H groups in total. The van der Waals surface area contributed by atoms with Gasteiger partial charge in [0.05, 0.1) is 12.7 Å². The van der Waals surface area contributed by atoms with Crippen LogP contribution in [-0.2, 0) is 4.74 Å². The van der Waals surface area contributed by atoms with Gasteiger partial charge in [0.1, 0.15) is 17.3 Å². The van der Waals surface area contributed by atoms with Crippen LogP contribution in [0.25, 0.3) is 5.57 Å². The van der Waals surface area contributed by atoms with Gasteiger partial charge in [-0.3, -0.25) is 9.59 Å². The quantitative estimate of drug-likeness (QED) is 0.188. The minimum absolute atomic E-state index is 0.162. The summed E-state index contributed by atoms with van der Waals surface area (Å²) in [6.45, 7) is 5.76. The number of H-pyrrole nitrogens is 1. The van der Waals surface area contributed by atoms with Gasteiger partial charge in [-0.2, -0.15) is 0 Å². The van der Waals surface area contributed by atoms with Gasteiger partial charge in [0.15, 0.2) is 5.78 Å². The SMILES string of the molecule is C=C(/C(C(=O)c1c[nH]c(C(=O)Nc2cccc(F)c2)c1)=C(/C)OC)c1cccc(Br)c1. The van der Waals surface area contributed by atoms with E-state index in [-0.39, 0.29) is 17.0 Å². The molecule has 1 heterocycles. The van der Waals surface area contributed by atoms with Crippen molar-refractivity contribution in [1.29, 1.82) is 0 Å². The number of allylic oxidation sites excluding steroid dienone is 3. The second-order valence-electron chi connectivity index (χ2n) is 6.72. The highest BCUT2D eigenvalue weighted by atomic mass is 79.9. The van der Waals surface area contributed by atoms with Crippen LogP contribution in [0.1, 0.15) is 33.3 Å². The molecule has 31 heavy (non-hydrogen) atoms. The van der Waals surface area contributed by atoms with E-state index in [1.165, 1.54) is 37.6 Å². The van der Waals surface area contributed by atoms with Gasteiger partial charge >= 0.3 is 0 Å². The summed E-state index contributed by atoms with van der Waals surface area (Å²) in [5.74, 6) is -0.896. The number of hydrogen-bond acceptors (Lipinski definition) is 3. The lowest BCUT2D eigenvalue weighted by atomic mass is 9.93. The monoisotopic (exact) mass is 482 g/mol. The molecular formula is C24H20BrFN2O3. The third-order valence-electron chi connectivity index (χ3n) is 4.63. The lowest BCUT2D eigenvalue weighted by Gasteiger charge is -2.13. The van der Waals surface area contributed by atoms with Crippen molar-refractivity contribution in [2.45, 2.75) is 6.92 Å². The van der Waals surface area contributed by atoms with Crippen LogP contribution < -0.4 is 5.32 Å².